The highest BCUT2D eigenvalue weighted by Gasteiger charge is 2.18. The summed E-state index contributed by atoms with van der Waals surface area (Å²) in [4.78, 5) is 0. The SMILES string of the molecule is COc1ccccc1COc1nn(Cc2ccccc2C)c(N)c1C#N. The van der Waals surface area contributed by atoms with Crippen molar-refractivity contribution in [2.45, 2.75) is 20.1 Å². The van der Waals surface area contributed by atoms with E-state index >= 15 is 0 Å². The number of nitrogens with zero attached hydrogens (tertiary/aromatic N) is 3. The lowest BCUT2D eigenvalue weighted by molar-refractivity contribution is 0.281. The minimum absolute atomic E-state index is 0.226. The van der Waals surface area contributed by atoms with Gasteiger partial charge in [-0.25, -0.2) is 4.68 Å². The molecule has 6 heteroatoms. The molecule has 0 saturated heterocycles. The van der Waals surface area contributed by atoms with Crippen LogP contribution in [0.2, 0.25) is 0 Å². The molecule has 1 aromatic heterocycles. The molecule has 6 nitrogen and oxygen atoms in total. The molecule has 2 aromatic carbocycles. The number of hydrogen-bond donors (Lipinski definition) is 1. The third kappa shape index (κ3) is 3.47. The van der Waals surface area contributed by atoms with Crippen LogP contribution in [0, 0.1) is 18.3 Å². The molecule has 26 heavy (non-hydrogen) atoms. The van der Waals surface area contributed by atoms with Crippen molar-refractivity contribution in [3.05, 3.63) is 70.8 Å². The number of aromatic nitrogens is 2. The van der Waals surface area contributed by atoms with Gasteiger partial charge in [0.05, 0.1) is 13.7 Å². The Morgan fingerprint density at radius 2 is 1.81 bits per heavy atom. The largest absolute Gasteiger partial charge is 0.496 e. The number of methoxy groups -OCH3 is 1. The fraction of sp³-hybridized carbons (Fsp3) is 0.200. The van der Waals surface area contributed by atoms with Gasteiger partial charge in [-0.2, -0.15) is 5.26 Å². The molecule has 0 aliphatic heterocycles. The maximum Gasteiger partial charge on any atom is 0.253 e. The molecule has 3 aromatic rings. The Bertz CT molecular complexity index is 957. The second kappa shape index (κ2) is 7.62. The molecule has 3 rings (SSSR count). The second-order valence-electron chi connectivity index (χ2n) is 5.86. The summed E-state index contributed by atoms with van der Waals surface area (Å²) in [7, 11) is 1.61. The van der Waals surface area contributed by atoms with E-state index in [0.717, 1.165) is 22.4 Å². The molecule has 0 saturated carbocycles. The molecule has 1 heterocycles. The number of para-hydroxylation sites is 1. The van der Waals surface area contributed by atoms with Gasteiger partial charge in [-0.05, 0) is 24.1 Å². The highest BCUT2D eigenvalue weighted by Crippen LogP contribution is 2.26. The van der Waals surface area contributed by atoms with Crippen LogP contribution in [0.25, 0.3) is 0 Å². The summed E-state index contributed by atoms with van der Waals surface area (Å²) in [6.07, 6.45) is 0. The Labute approximate surface area is 152 Å². The van der Waals surface area contributed by atoms with E-state index in [1.807, 2.05) is 55.5 Å². The van der Waals surface area contributed by atoms with Crippen molar-refractivity contribution >= 4 is 5.82 Å². The predicted molar refractivity (Wildman–Crippen MR) is 99.0 cm³/mol. The molecular weight excluding hydrogens is 328 g/mol. The normalized spacial score (nSPS) is 10.3. The van der Waals surface area contributed by atoms with E-state index < -0.39 is 0 Å². The summed E-state index contributed by atoms with van der Waals surface area (Å²) >= 11 is 0. The minimum Gasteiger partial charge on any atom is -0.496 e. The number of ether oxygens (including phenoxy) is 2. The Balaban J connectivity index is 1.84. The zero-order chi connectivity index (χ0) is 18.5. The van der Waals surface area contributed by atoms with Gasteiger partial charge in [0.2, 0.25) is 0 Å². The van der Waals surface area contributed by atoms with Crippen LogP contribution in [0.5, 0.6) is 11.6 Å². The third-order valence-electron chi connectivity index (χ3n) is 4.21. The van der Waals surface area contributed by atoms with E-state index in [9.17, 15) is 5.26 Å². The zero-order valence-electron chi connectivity index (χ0n) is 14.8. The number of nitrogen functional groups attached to an aromatic ring is 1. The first-order valence-electron chi connectivity index (χ1n) is 8.19. The molecule has 0 bridgehead atoms. The van der Waals surface area contributed by atoms with Crippen LogP contribution >= 0.6 is 0 Å². The van der Waals surface area contributed by atoms with Gasteiger partial charge in [-0.3, -0.25) is 0 Å². The molecule has 0 amide bonds. The number of hydrogen-bond acceptors (Lipinski definition) is 5. The van der Waals surface area contributed by atoms with E-state index in [4.69, 9.17) is 15.2 Å². The van der Waals surface area contributed by atoms with Gasteiger partial charge in [-0.15, -0.1) is 5.10 Å². The fourth-order valence-electron chi connectivity index (χ4n) is 2.70. The summed E-state index contributed by atoms with van der Waals surface area (Å²) in [5, 5.41) is 13.8. The number of nitrogens with two attached hydrogens (primary N) is 1. The van der Waals surface area contributed by atoms with E-state index in [2.05, 4.69) is 11.2 Å². The lowest BCUT2D eigenvalue weighted by Crippen LogP contribution is -2.07. The van der Waals surface area contributed by atoms with Crippen molar-refractivity contribution in [1.82, 2.24) is 9.78 Å². The number of nitriles is 1. The van der Waals surface area contributed by atoms with Gasteiger partial charge in [0.15, 0.2) is 5.56 Å². The summed E-state index contributed by atoms with van der Waals surface area (Å²) in [5.41, 5.74) is 9.44. The lowest BCUT2D eigenvalue weighted by atomic mass is 10.1. The molecule has 0 spiro atoms. The van der Waals surface area contributed by atoms with E-state index in [0.29, 0.717) is 12.4 Å². The number of aryl methyl sites for hydroxylation is 1. The van der Waals surface area contributed by atoms with Crippen LogP contribution < -0.4 is 15.2 Å². The van der Waals surface area contributed by atoms with Crippen molar-refractivity contribution in [1.29, 1.82) is 5.26 Å². The molecule has 0 aliphatic carbocycles. The summed E-state index contributed by atoms with van der Waals surface area (Å²) in [5.74, 6) is 1.24. The Hall–Kier alpha value is -3.46. The quantitative estimate of drug-likeness (QED) is 0.739. The van der Waals surface area contributed by atoms with E-state index in [1.54, 1.807) is 11.8 Å². The average Bonchev–Trinajstić information content (AvgIpc) is 2.96. The van der Waals surface area contributed by atoms with Crippen LogP contribution in [-0.2, 0) is 13.2 Å². The van der Waals surface area contributed by atoms with Crippen molar-refractivity contribution in [2.24, 2.45) is 0 Å². The third-order valence-corrected chi connectivity index (χ3v) is 4.21. The van der Waals surface area contributed by atoms with Gasteiger partial charge >= 0.3 is 0 Å². The van der Waals surface area contributed by atoms with Gasteiger partial charge < -0.3 is 15.2 Å². The van der Waals surface area contributed by atoms with Crippen molar-refractivity contribution < 1.29 is 9.47 Å². The Morgan fingerprint density at radius 1 is 1.12 bits per heavy atom. The van der Waals surface area contributed by atoms with Crippen molar-refractivity contribution in [2.75, 3.05) is 12.8 Å². The Kier molecular flexibility index (Phi) is 5.09. The molecule has 0 fully saturated rings. The summed E-state index contributed by atoms with van der Waals surface area (Å²) < 4.78 is 12.7. The standard InChI is InChI=1S/C20H20N4O2/c1-14-7-3-4-8-15(14)12-24-19(22)17(11-21)20(23-24)26-13-16-9-5-6-10-18(16)25-2/h3-10H,12-13,22H2,1-2H3. The summed E-state index contributed by atoms with van der Waals surface area (Å²) in [6, 6.07) is 17.6. The first-order valence-corrected chi connectivity index (χ1v) is 8.19. The molecule has 0 radical (unpaired) electrons. The molecule has 0 atom stereocenters. The molecule has 0 unspecified atom stereocenters. The second-order valence-corrected chi connectivity index (χ2v) is 5.86. The zero-order valence-corrected chi connectivity index (χ0v) is 14.8. The van der Waals surface area contributed by atoms with Crippen molar-refractivity contribution in [3.8, 4) is 17.7 Å². The van der Waals surface area contributed by atoms with Crippen LogP contribution in [0.1, 0.15) is 22.3 Å². The van der Waals surface area contributed by atoms with E-state index in [1.165, 1.54) is 0 Å². The predicted octanol–water partition coefficient (Wildman–Crippen LogP) is 3.28. The molecule has 0 aliphatic rings. The molecule has 2 N–H and O–H groups in total. The summed E-state index contributed by atoms with van der Waals surface area (Å²) in [6.45, 7) is 2.74. The monoisotopic (exact) mass is 348 g/mol. The lowest BCUT2D eigenvalue weighted by Gasteiger charge is -2.08. The number of rotatable bonds is 6. The molecular formula is C20H20N4O2. The topological polar surface area (TPSA) is 86.1 Å². The van der Waals surface area contributed by atoms with Crippen molar-refractivity contribution in [3.63, 3.8) is 0 Å². The van der Waals surface area contributed by atoms with Crippen LogP contribution in [0.4, 0.5) is 5.82 Å². The number of anilines is 1. The van der Waals surface area contributed by atoms with Gasteiger partial charge in [0, 0.05) is 5.56 Å². The smallest absolute Gasteiger partial charge is 0.253 e. The first kappa shape index (κ1) is 17.4. The van der Waals surface area contributed by atoms with Gasteiger partial charge in [0.1, 0.15) is 24.2 Å². The highest BCUT2D eigenvalue weighted by atomic mass is 16.5. The first-order chi connectivity index (χ1) is 12.6. The van der Waals surface area contributed by atoms with Crippen LogP contribution in [0.15, 0.2) is 48.5 Å². The van der Waals surface area contributed by atoms with E-state index in [-0.39, 0.29) is 18.1 Å². The maximum absolute atomic E-state index is 9.44. The van der Waals surface area contributed by atoms with Gasteiger partial charge in [-0.1, -0.05) is 42.5 Å². The average molecular weight is 348 g/mol. The Morgan fingerprint density at radius 3 is 2.50 bits per heavy atom. The van der Waals surface area contributed by atoms with Gasteiger partial charge in [0.25, 0.3) is 5.88 Å². The highest BCUT2D eigenvalue weighted by molar-refractivity contribution is 5.55. The van der Waals surface area contributed by atoms with Crippen LogP contribution in [-0.4, -0.2) is 16.9 Å². The minimum atomic E-state index is 0.226. The fourth-order valence-corrected chi connectivity index (χ4v) is 2.70. The van der Waals surface area contributed by atoms with Crippen LogP contribution in [0.3, 0.4) is 0 Å². The molecule has 132 valence electrons. The maximum atomic E-state index is 9.44. The number of benzene rings is 2.